The third kappa shape index (κ3) is 2.47. The van der Waals surface area contributed by atoms with Crippen molar-refractivity contribution in [1.82, 2.24) is 4.90 Å². The molecule has 0 radical (unpaired) electrons. The molecule has 1 fully saturated rings. The summed E-state index contributed by atoms with van der Waals surface area (Å²) in [4.78, 5) is 15.9. The van der Waals surface area contributed by atoms with Crippen molar-refractivity contribution >= 4 is 27.3 Å². The monoisotopic (exact) mass is 287 g/mol. The van der Waals surface area contributed by atoms with Crippen molar-refractivity contribution in [3.63, 3.8) is 0 Å². The third-order valence-corrected chi connectivity index (χ3v) is 5.25. The summed E-state index contributed by atoms with van der Waals surface area (Å²) in [6.45, 7) is 4.26. The van der Waals surface area contributed by atoms with Gasteiger partial charge >= 0.3 is 0 Å². The molecule has 0 spiro atoms. The molecule has 3 heteroatoms. The maximum atomic E-state index is 12.9. The molecule has 106 valence electrons. The van der Waals surface area contributed by atoms with Gasteiger partial charge in [-0.25, -0.2) is 0 Å². The predicted octanol–water partition coefficient (Wildman–Crippen LogP) is 4.69. The minimum absolute atomic E-state index is 0.216. The molecule has 1 heterocycles. The first-order valence-corrected chi connectivity index (χ1v) is 8.29. The van der Waals surface area contributed by atoms with Crippen molar-refractivity contribution in [3.05, 3.63) is 35.2 Å². The lowest BCUT2D eigenvalue weighted by atomic mass is 10.1. The van der Waals surface area contributed by atoms with E-state index in [0.29, 0.717) is 6.04 Å². The van der Waals surface area contributed by atoms with Crippen molar-refractivity contribution in [3.8, 4) is 0 Å². The highest BCUT2D eigenvalue weighted by Crippen LogP contribution is 2.30. The molecule has 0 bridgehead atoms. The Bertz CT molecular complexity index is 577. The topological polar surface area (TPSA) is 20.3 Å². The molecule has 0 unspecified atom stereocenters. The van der Waals surface area contributed by atoms with Crippen molar-refractivity contribution in [2.24, 2.45) is 0 Å². The minimum Gasteiger partial charge on any atom is -0.333 e. The van der Waals surface area contributed by atoms with Gasteiger partial charge in [0.05, 0.1) is 4.88 Å². The molecule has 1 aromatic carbocycles. The zero-order valence-corrected chi connectivity index (χ0v) is 13.0. The van der Waals surface area contributed by atoms with Gasteiger partial charge in [-0.2, -0.15) is 0 Å². The molecule has 0 atom stereocenters. The SMILES string of the molecule is CC(C)N(C(=O)c1cc2ccccc2s1)C1CCCC1. The Kier molecular flexibility index (Phi) is 3.79. The van der Waals surface area contributed by atoms with Gasteiger partial charge in [0.25, 0.3) is 5.91 Å². The molecule has 0 N–H and O–H groups in total. The molecule has 2 nitrogen and oxygen atoms in total. The quantitative estimate of drug-likeness (QED) is 0.801. The second-order valence-electron chi connectivity index (χ2n) is 5.89. The fourth-order valence-corrected chi connectivity index (χ4v) is 4.23. The summed E-state index contributed by atoms with van der Waals surface area (Å²) in [5.41, 5.74) is 0. The Hall–Kier alpha value is -1.35. The molecule has 0 aliphatic heterocycles. The molecule has 0 saturated heterocycles. The summed E-state index contributed by atoms with van der Waals surface area (Å²) in [6.07, 6.45) is 4.84. The van der Waals surface area contributed by atoms with Crippen LogP contribution in [0.1, 0.15) is 49.2 Å². The van der Waals surface area contributed by atoms with Crippen molar-refractivity contribution in [2.75, 3.05) is 0 Å². The van der Waals surface area contributed by atoms with Crippen LogP contribution >= 0.6 is 11.3 Å². The summed E-state index contributed by atoms with van der Waals surface area (Å²) in [6, 6.07) is 11.0. The van der Waals surface area contributed by atoms with Crippen LogP contribution in [0.5, 0.6) is 0 Å². The molecule has 20 heavy (non-hydrogen) atoms. The van der Waals surface area contributed by atoms with Crippen LogP contribution < -0.4 is 0 Å². The van der Waals surface area contributed by atoms with Crippen LogP contribution in [0, 0.1) is 0 Å². The minimum atomic E-state index is 0.216. The van der Waals surface area contributed by atoms with Gasteiger partial charge in [-0.15, -0.1) is 11.3 Å². The van der Waals surface area contributed by atoms with Crippen LogP contribution in [0.3, 0.4) is 0 Å². The van der Waals surface area contributed by atoms with Gasteiger partial charge < -0.3 is 4.90 Å². The molecule has 3 rings (SSSR count). The van der Waals surface area contributed by atoms with E-state index in [4.69, 9.17) is 0 Å². The van der Waals surface area contributed by atoms with E-state index in [-0.39, 0.29) is 11.9 Å². The number of benzene rings is 1. The maximum Gasteiger partial charge on any atom is 0.264 e. The number of carbonyl (C=O) groups excluding carboxylic acids is 1. The first-order chi connectivity index (χ1) is 9.66. The van der Waals surface area contributed by atoms with Gasteiger partial charge in [-0.3, -0.25) is 4.79 Å². The fourth-order valence-electron chi connectivity index (χ4n) is 3.22. The van der Waals surface area contributed by atoms with Crippen LogP contribution in [-0.2, 0) is 0 Å². The molecule has 1 aliphatic carbocycles. The number of hydrogen-bond acceptors (Lipinski definition) is 2. The highest BCUT2D eigenvalue weighted by atomic mass is 32.1. The van der Waals surface area contributed by atoms with E-state index in [2.05, 4.69) is 30.9 Å². The van der Waals surface area contributed by atoms with E-state index in [0.717, 1.165) is 17.7 Å². The fraction of sp³-hybridized carbons (Fsp3) is 0.471. The van der Waals surface area contributed by atoms with Crippen LogP contribution in [0.4, 0.5) is 0 Å². The first-order valence-electron chi connectivity index (χ1n) is 7.48. The number of hydrogen-bond donors (Lipinski definition) is 0. The number of rotatable bonds is 3. The highest BCUT2D eigenvalue weighted by molar-refractivity contribution is 7.20. The zero-order chi connectivity index (χ0) is 14.1. The summed E-state index contributed by atoms with van der Waals surface area (Å²) in [5.74, 6) is 0.216. The largest absolute Gasteiger partial charge is 0.333 e. The summed E-state index contributed by atoms with van der Waals surface area (Å²) in [7, 11) is 0. The third-order valence-electron chi connectivity index (χ3n) is 4.15. The lowest BCUT2D eigenvalue weighted by Gasteiger charge is -2.32. The van der Waals surface area contributed by atoms with E-state index < -0.39 is 0 Å². The Morgan fingerprint density at radius 3 is 2.60 bits per heavy atom. The van der Waals surface area contributed by atoms with Gasteiger partial charge in [-0.05, 0) is 44.2 Å². The van der Waals surface area contributed by atoms with Gasteiger partial charge in [0.2, 0.25) is 0 Å². The number of amides is 1. The van der Waals surface area contributed by atoms with Crippen LogP contribution in [0.15, 0.2) is 30.3 Å². The Morgan fingerprint density at radius 2 is 1.95 bits per heavy atom. The number of thiophene rings is 1. The standard InChI is InChI=1S/C17H21NOS/c1-12(2)18(14-8-4-5-9-14)17(19)16-11-13-7-3-6-10-15(13)20-16/h3,6-7,10-12,14H,4-5,8-9H2,1-2H3. The molecule has 1 aliphatic rings. The summed E-state index contributed by atoms with van der Waals surface area (Å²) < 4.78 is 1.20. The number of nitrogens with zero attached hydrogens (tertiary/aromatic N) is 1. The van der Waals surface area contributed by atoms with Crippen LogP contribution in [0.25, 0.3) is 10.1 Å². The van der Waals surface area contributed by atoms with E-state index in [1.54, 1.807) is 11.3 Å². The number of fused-ring (bicyclic) bond motifs is 1. The first kappa shape index (κ1) is 13.6. The normalized spacial score (nSPS) is 16.1. The maximum absolute atomic E-state index is 12.9. The van der Waals surface area contributed by atoms with E-state index >= 15 is 0 Å². The van der Waals surface area contributed by atoms with Crippen molar-refractivity contribution in [2.45, 2.75) is 51.6 Å². The van der Waals surface area contributed by atoms with Crippen LogP contribution in [-0.4, -0.2) is 22.9 Å². The number of carbonyl (C=O) groups is 1. The molecule has 1 aromatic heterocycles. The average molecular weight is 287 g/mol. The molecular formula is C17H21NOS. The predicted molar refractivity (Wildman–Crippen MR) is 85.4 cm³/mol. The Labute approximate surface area is 124 Å². The van der Waals surface area contributed by atoms with Gasteiger partial charge in [0.15, 0.2) is 0 Å². The Balaban J connectivity index is 1.92. The Morgan fingerprint density at radius 1 is 1.25 bits per heavy atom. The molecule has 1 saturated carbocycles. The van der Waals surface area contributed by atoms with Gasteiger partial charge in [0, 0.05) is 16.8 Å². The van der Waals surface area contributed by atoms with E-state index in [1.165, 1.54) is 22.9 Å². The average Bonchev–Trinajstić information content (AvgIpc) is 3.06. The van der Waals surface area contributed by atoms with E-state index in [1.807, 2.05) is 18.2 Å². The molecular weight excluding hydrogens is 266 g/mol. The van der Waals surface area contributed by atoms with Gasteiger partial charge in [-0.1, -0.05) is 31.0 Å². The summed E-state index contributed by atoms with van der Waals surface area (Å²) in [5, 5.41) is 1.18. The lowest BCUT2D eigenvalue weighted by Crippen LogP contribution is -2.43. The van der Waals surface area contributed by atoms with Crippen LogP contribution in [0.2, 0.25) is 0 Å². The smallest absolute Gasteiger partial charge is 0.264 e. The zero-order valence-electron chi connectivity index (χ0n) is 12.1. The van der Waals surface area contributed by atoms with Gasteiger partial charge in [0.1, 0.15) is 0 Å². The lowest BCUT2D eigenvalue weighted by molar-refractivity contribution is 0.0618. The van der Waals surface area contributed by atoms with Crippen molar-refractivity contribution in [1.29, 1.82) is 0 Å². The second kappa shape index (κ2) is 5.57. The highest BCUT2D eigenvalue weighted by Gasteiger charge is 2.30. The molecule has 1 amide bonds. The van der Waals surface area contributed by atoms with Crippen molar-refractivity contribution < 1.29 is 4.79 Å². The van der Waals surface area contributed by atoms with E-state index in [9.17, 15) is 4.79 Å². The molecule has 2 aromatic rings. The second-order valence-corrected chi connectivity index (χ2v) is 6.98. The summed E-state index contributed by atoms with van der Waals surface area (Å²) >= 11 is 1.62.